The maximum Gasteiger partial charge on any atom is 0.126 e. The molecular weight excluding hydrogens is 307 g/mol. The third kappa shape index (κ3) is 4.39. The largest absolute Gasteiger partial charge is 0.207 e. The Balaban J connectivity index is 1.73. The summed E-state index contributed by atoms with van der Waals surface area (Å²) in [6.45, 7) is 4.25. The fraction of sp³-hybridized carbons (Fsp3) is 0.417. The van der Waals surface area contributed by atoms with Gasteiger partial charge in [-0.15, -0.1) is 0 Å². The molecule has 1 aliphatic carbocycles. The maximum atomic E-state index is 14.7. The molecular formula is C24H29F. The number of fused-ring (bicyclic) bond motifs is 1. The second kappa shape index (κ2) is 8.47. The summed E-state index contributed by atoms with van der Waals surface area (Å²) in [4.78, 5) is 0. The van der Waals surface area contributed by atoms with Crippen LogP contribution in [0.2, 0.25) is 0 Å². The molecule has 25 heavy (non-hydrogen) atoms. The lowest BCUT2D eigenvalue weighted by atomic mass is 9.79. The van der Waals surface area contributed by atoms with E-state index in [1.807, 2.05) is 13.0 Å². The number of hydrogen-bond donors (Lipinski definition) is 0. The van der Waals surface area contributed by atoms with Gasteiger partial charge in [0.2, 0.25) is 0 Å². The van der Waals surface area contributed by atoms with E-state index in [9.17, 15) is 4.39 Å². The lowest BCUT2D eigenvalue weighted by Crippen LogP contribution is -2.14. The Morgan fingerprint density at radius 2 is 1.96 bits per heavy atom. The van der Waals surface area contributed by atoms with E-state index in [1.54, 1.807) is 6.07 Å². The van der Waals surface area contributed by atoms with Crippen LogP contribution in [0.15, 0.2) is 42.5 Å². The molecule has 0 fully saturated rings. The molecule has 0 radical (unpaired) electrons. The summed E-state index contributed by atoms with van der Waals surface area (Å²) in [5.74, 6) is 0.303. The zero-order valence-corrected chi connectivity index (χ0v) is 15.5. The highest BCUT2D eigenvalue weighted by molar-refractivity contribution is 5.52. The van der Waals surface area contributed by atoms with Crippen molar-refractivity contribution < 1.29 is 4.39 Å². The first-order valence-corrected chi connectivity index (χ1v) is 9.74. The van der Waals surface area contributed by atoms with Gasteiger partial charge in [0.15, 0.2) is 0 Å². The van der Waals surface area contributed by atoms with Crippen LogP contribution in [0.5, 0.6) is 0 Å². The first-order valence-electron chi connectivity index (χ1n) is 9.74. The van der Waals surface area contributed by atoms with Gasteiger partial charge in [0, 0.05) is 0 Å². The van der Waals surface area contributed by atoms with Gasteiger partial charge in [0.25, 0.3) is 0 Å². The van der Waals surface area contributed by atoms with E-state index in [-0.39, 0.29) is 5.82 Å². The highest BCUT2D eigenvalue weighted by atomic mass is 19.1. The molecule has 132 valence electrons. The van der Waals surface area contributed by atoms with Crippen LogP contribution >= 0.6 is 0 Å². The van der Waals surface area contributed by atoms with Crippen LogP contribution in [0.1, 0.15) is 73.3 Å². The summed E-state index contributed by atoms with van der Waals surface area (Å²) in [5, 5.41) is 0. The van der Waals surface area contributed by atoms with Crippen molar-refractivity contribution in [1.82, 2.24) is 0 Å². The molecule has 0 bridgehead atoms. The Morgan fingerprint density at radius 3 is 2.72 bits per heavy atom. The first kappa shape index (κ1) is 17.9. The number of unbranched alkanes of at least 4 members (excludes halogenated alkanes) is 2. The predicted molar refractivity (Wildman–Crippen MR) is 106 cm³/mol. The second-order valence-electron chi connectivity index (χ2n) is 7.28. The summed E-state index contributed by atoms with van der Waals surface area (Å²) in [5.41, 5.74) is 6.13. The van der Waals surface area contributed by atoms with Gasteiger partial charge >= 0.3 is 0 Å². The molecule has 1 atom stereocenters. The Hall–Kier alpha value is -1.89. The molecule has 1 aliphatic rings. The fourth-order valence-electron chi connectivity index (χ4n) is 3.97. The Kier molecular flexibility index (Phi) is 6.07. The van der Waals surface area contributed by atoms with Gasteiger partial charge < -0.3 is 0 Å². The molecule has 0 saturated carbocycles. The van der Waals surface area contributed by atoms with Crippen molar-refractivity contribution in [3.05, 3.63) is 76.1 Å². The fourth-order valence-corrected chi connectivity index (χ4v) is 3.97. The second-order valence-corrected chi connectivity index (χ2v) is 7.28. The Morgan fingerprint density at radius 1 is 1.08 bits per heavy atom. The van der Waals surface area contributed by atoms with E-state index in [0.29, 0.717) is 5.92 Å². The van der Waals surface area contributed by atoms with Crippen molar-refractivity contribution in [1.29, 1.82) is 0 Å². The van der Waals surface area contributed by atoms with E-state index in [1.165, 1.54) is 29.5 Å². The molecule has 3 rings (SSSR count). The predicted octanol–water partition coefficient (Wildman–Crippen LogP) is 6.86. The van der Waals surface area contributed by atoms with E-state index >= 15 is 0 Å². The highest BCUT2D eigenvalue weighted by Gasteiger charge is 2.22. The van der Waals surface area contributed by atoms with E-state index in [4.69, 9.17) is 0 Å². The zero-order chi connectivity index (χ0) is 17.6. The van der Waals surface area contributed by atoms with Crippen molar-refractivity contribution in [2.45, 2.75) is 64.7 Å². The van der Waals surface area contributed by atoms with Crippen LogP contribution in [-0.4, -0.2) is 0 Å². The number of halogens is 1. The van der Waals surface area contributed by atoms with Crippen molar-refractivity contribution >= 4 is 6.08 Å². The van der Waals surface area contributed by atoms with Crippen LogP contribution in [0.3, 0.4) is 0 Å². The maximum absolute atomic E-state index is 14.7. The minimum absolute atomic E-state index is 0.00650. The van der Waals surface area contributed by atoms with Gasteiger partial charge in [-0.2, -0.15) is 0 Å². The average molecular weight is 336 g/mol. The van der Waals surface area contributed by atoms with Gasteiger partial charge in [-0.3, -0.25) is 0 Å². The molecule has 0 spiro atoms. The molecule has 0 amide bonds. The highest BCUT2D eigenvalue weighted by Crippen LogP contribution is 2.34. The lowest BCUT2D eigenvalue weighted by Gasteiger charge is -2.26. The normalized spacial score (nSPS) is 17.0. The summed E-state index contributed by atoms with van der Waals surface area (Å²) in [7, 11) is 0. The smallest absolute Gasteiger partial charge is 0.126 e. The number of allylic oxidation sites excluding steroid dienone is 1. The quantitative estimate of drug-likeness (QED) is 0.505. The zero-order valence-electron chi connectivity index (χ0n) is 15.5. The Bertz CT molecular complexity index is 742. The first-order chi connectivity index (χ1) is 12.2. The van der Waals surface area contributed by atoms with Crippen LogP contribution in [0.4, 0.5) is 4.39 Å². The molecule has 2 aromatic rings. The number of rotatable bonds is 6. The van der Waals surface area contributed by atoms with Crippen LogP contribution in [0.25, 0.3) is 6.08 Å². The molecule has 0 aliphatic heterocycles. The molecule has 0 saturated heterocycles. The number of benzene rings is 2. The molecule has 0 heterocycles. The lowest BCUT2D eigenvalue weighted by molar-refractivity contribution is 0.532. The van der Waals surface area contributed by atoms with Gasteiger partial charge in [-0.1, -0.05) is 62.2 Å². The minimum atomic E-state index is -0.00650. The molecule has 2 aromatic carbocycles. The van der Waals surface area contributed by atoms with Gasteiger partial charge in [0.1, 0.15) is 5.82 Å². The summed E-state index contributed by atoms with van der Waals surface area (Å²) in [6.07, 6.45) is 11.8. The van der Waals surface area contributed by atoms with Crippen molar-refractivity contribution in [2.24, 2.45) is 0 Å². The molecule has 0 N–H and O–H groups in total. The Labute approximate surface area is 151 Å². The number of aryl methyl sites for hydroxylation is 2. The van der Waals surface area contributed by atoms with Gasteiger partial charge in [0.05, 0.1) is 0 Å². The average Bonchev–Trinajstić information content (AvgIpc) is 2.62. The monoisotopic (exact) mass is 336 g/mol. The van der Waals surface area contributed by atoms with Crippen molar-refractivity contribution in [3.63, 3.8) is 0 Å². The van der Waals surface area contributed by atoms with Gasteiger partial charge in [-0.05, 0) is 78.8 Å². The van der Waals surface area contributed by atoms with E-state index in [0.717, 1.165) is 43.2 Å². The SMILES string of the molecule is C/C=C/c1ccc2c(c1)CCC(c1ccc(CCCCC)cc1F)C2. The number of hydrogen-bond acceptors (Lipinski definition) is 0. The van der Waals surface area contributed by atoms with Crippen molar-refractivity contribution in [3.8, 4) is 0 Å². The molecule has 1 unspecified atom stereocenters. The topological polar surface area (TPSA) is 0 Å². The van der Waals surface area contributed by atoms with E-state index in [2.05, 4.69) is 43.3 Å². The van der Waals surface area contributed by atoms with Crippen LogP contribution in [0, 0.1) is 5.82 Å². The molecule has 0 aromatic heterocycles. The van der Waals surface area contributed by atoms with Gasteiger partial charge in [-0.25, -0.2) is 4.39 Å². The van der Waals surface area contributed by atoms with Crippen LogP contribution < -0.4 is 0 Å². The van der Waals surface area contributed by atoms with Crippen molar-refractivity contribution in [2.75, 3.05) is 0 Å². The molecule has 1 heteroatoms. The summed E-state index contributed by atoms with van der Waals surface area (Å²) in [6, 6.07) is 12.6. The summed E-state index contributed by atoms with van der Waals surface area (Å²) < 4.78 is 14.7. The molecule has 0 nitrogen and oxygen atoms in total. The van der Waals surface area contributed by atoms with Crippen LogP contribution in [-0.2, 0) is 19.3 Å². The standard InChI is InChI=1S/C24H29F/c1-3-5-6-8-19-10-14-23(24(25)16-19)22-13-12-20-15-18(7-4-2)9-11-21(20)17-22/h4,7,9-11,14-16,22H,3,5-6,8,12-13,17H2,1-2H3/b7-4+. The third-order valence-corrected chi connectivity index (χ3v) is 5.39. The third-order valence-electron chi connectivity index (χ3n) is 5.39. The minimum Gasteiger partial charge on any atom is -0.207 e. The van der Waals surface area contributed by atoms with E-state index < -0.39 is 0 Å². The summed E-state index contributed by atoms with van der Waals surface area (Å²) >= 11 is 0.